The number of hydrogen-bond donors (Lipinski definition) is 0. The molecule has 0 spiro atoms. The van der Waals surface area contributed by atoms with Crippen molar-refractivity contribution in [2.24, 2.45) is 0 Å². The van der Waals surface area contributed by atoms with Crippen LogP contribution in [0.1, 0.15) is 5.56 Å². The van der Waals surface area contributed by atoms with E-state index in [0.29, 0.717) is 12.4 Å². The molecule has 0 N–H and O–H groups in total. The molecule has 0 amide bonds. The summed E-state index contributed by atoms with van der Waals surface area (Å²) in [5, 5.41) is 10.9. The zero-order valence-corrected chi connectivity index (χ0v) is 11.9. The average molecular weight is 289 g/mol. The second-order valence-corrected chi connectivity index (χ2v) is 5.41. The standard InChI is InChI=1S/C15H15NO3S/c1-12-7-8-15(14(11-12)16(17)18)19-9-10-20-13-5-3-2-4-6-13/h2-8,11H,9-10H2,1H3. The van der Waals surface area contributed by atoms with E-state index < -0.39 is 4.92 Å². The van der Waals surface area contributed by atoms with E-state index in [1.54, 1.807) is 17.8 Å². The zero-order chi connectivity index (χ0) is 14.4. The van der Waals surface area contributed by atoms with Crippen LogP contribution in [0, 0.1) is 17.0 Å². The van der Waals surface area contributed by atoms with Crippen molar-refractivity contribution >= 4 is 17.4 Å². The molecule has 0 aromatic heterocycles. The Balaban J connectivity index is 1.90. The van der Waals surface area contributed by atoms with Gasteiger partial charge in [0.15, 0.2) is 5.75 Å². The molecule has 0 fully saturated rings. The van der Waals surface area contributed by atoms with Crippen molar-refractivity contribution in [3.63, 3.8) is 0 Å². The lowest BCUT2D eigenvalue weighted by atomic mass is 10.2. The number of nitro benzene ring substituents is 1. The number of benzene rings is 2. The van der Waals surface area contributed by atoms with Crippen LogP contribution in [0.25, 0.3) is 0 Å². The normalized spacial score (nSPS) is 10.2. The summed E-state index contributed by atoms with van der Waals surface area (Å²) in [7, 11) is 0. The minimum atomic E-state index is -0.410. The lowest BCUT2D eigenvalue weighted by molar-refractivity contribution is -0.385. The molecular formula is C15H15NO3S. The van der Waals surface area contributed by atoms with E-state index in [1.165, 1.54) is 6.07 Å². The summed E-state index contributed by atoms with van der Waals surface area (Å²) < 4.78 is 5.51. The topological polar surface area (TPSA) is 52.4 Å². The number of rotatable bonds is 6. The van der Waals surface area contributed by atoms with Gasteiger partial charge in [-0.2, -0.15) is 0 Å². The summed E-state index contributed by atoms with van der Waals surface area (Å²) in [6, 6.07) is 15.0. The van der Waals surface area contributed by atoms with Gasteiger partial charge in [0.1, 0.15) is 0 Å². The summed E-state index contributed by atoms with van der Waals surface area (Å²) >= 11 is 1.66. The molecular weight excluding hydrogens is 274 g/mol. The lowest BCUT2D eigenvalue weighted by Gasteiger charge is -2.07. The third kappa shape index (κ3) is 3.99. The second kappa shape index (κ2) is 6.96. The molecule has 2 rings (SSSR count). The molecule has 5 heteroatoms. The molecule has 0 heterocycles. The van der Waals surface area contributed by atoms with Gasteiger partial charge in [0.25, 0.3) is 0 Å². The third-order valence-corrected chi connectivity index (χ3v) is 3.64. The van der Waals surface area contributed by atoms with Crippen molar-refractivity contribution in [2.45, 2.75) is 11.8 Å². The summed E-state index contributed by atoms with van der Waals surface area (Å²) in [5.74, 6) is 1.07. The predicted octanol–water partition coefficient (Wildman–Crippen LogP) is 4.07. The summed E-state index contributed by atoms with van der Waals surface area (Å²) in [4.78, 5) is 11.7. The predicted molar refractivity (Wildman–Crippen MR) is 80.5 cm³/mol. The van der Waals surface area contributed by atoms with Gasteiger partial charge < -0.3 is 4.74 Å². The quantitative estimate of drug-likeness (QED) is 0.348. The Morgan fingerprint density at radius 3 is 2.65 bits per heavy atom. The van der Waals surface area contributed by atoms with Gasteiger partial charge in [-0.25, -0.2) is 0 Å². The minimum absolute atomic E-state index is 0.0229. The Labute approximate surface area is 121 Å². The molecule has 2 aromatic rings. The molecule has 2 aromatic carbocycles. The van der Waals surface area contributed by atoms with Gasteiger partial charge in [-0.1, -0.05) is 24.3 Å². The monoisotopic (exact) mass is 289 g/mol. The minimum Gasteiger partial charge on any atom is -0.486 e. The van der Waals surface area contributed by atoms with E-state index in [4.69, 9.17) is 4.74 Å². The van der Waals surface area contributed by atoms with E-state index in [9.17, 15) is 10.1 Å². The highest BCUT2D eigenvalue weighted by molar-refractivity contribution is 7.99. The number of nitrogens with zero attached hydrogens (tertiary/aromatic N) is 1. The summed E-state index contributed by atoms with van der Waals surface area (Å²) in [5.41, 5.74) is 0.873. The first-order valence-electron chi connectivity index (χ1n) is 6.22. The summed E-state index contributed by atoms with van der Waals surface area (Å²) in [6.45, 7) is 2.26. The van der Waals surface area contributed by atoms with Gasteiger partial charge in [0, 0.05) is 16.7 Å². The first-order chi connectivity index (χ1) is 9.66. The Kier molecular flexibility index (Phi) is 5.01. The molecule has 0 aliphatic heterocycles. The van der Waals surface area contributed by atoms with Crippen LogP contribution in [0.2, 0.25) is 0 Å². The van der Waals surface area contributed by atoms with Gasteiger partial charge in [0.2, 0.25) is 0 Å². The van der Waals surface area contributed by atoms with Gasteiger partial charge in [-0.05, 0) is 30.7 Å². The van der Waals surface area contributed by atoms with E-state index in [1.807, 2.05) is 43.3 Å². The largest absolute Gasteiger partial charge is 0.486 e. The first-order valence-corrected chi connectivity index (χ1v) is 7.21. The van der Waals surface area contributed by atoms with Gasteiger partial charge >= 0.3 is 5.69 Å². The number of aryl methyl sites for hydroxylation is 1. The Morgan fingerprint density at radius 1 is 1.20 bits per heavy atom. The highest BCUT2D eigenvalue weighted by atomic mass is 32.2. The summed E-state index contributed by atoms with van der Waals surface area (Å²) in [6.07, 6.45) is 0. The molecule has 0 saturated carbocycles. The van der Waals surface area contributed by atoms with Crippen LogP contribution in [-0.2, 0) is 0 Å². The average Bonchev–Trinajstić information content (AvgIpc) is 2.45. The fourth-order valence-electron chi connectivity index (χ4n) is 1.72. The van der Waals surface area contributed by atoms with Crippen molar-refractivity contribution in [2.75, 3.05) is 12.4 Å². The maximum Gasteiger partial charge on any atom is 0.311 e. The van der Waals surface area contributed by atoms with Gasteiger partial charge in [-0.15, -0.1) is 11.8 Å². The Hall–Kier alpha value is -2.01. The van der Waals surface area contributed by atoms with Gasteiger partial charge in [0.05, 0.1) is 11.5 Å². The zero-order valence-electron chi connectivity index (χ0n) is 11.1. The number of hydrogen-bond acceptors (Lipinski definition) is 4. The van der Waals surface area contributed by atoms with Crippen LogP contribution in [0.5, 0.6) is 5.75 Å². The molecule has 0 atom stereocenters. The molecule has 0 radical (unpaired) electrons. The maximum absolute atomic E-state index is 10.9. The number of thioether (sulfide) groups is 1. The Bertz CT molecular complexity index is 587. The van der Waals surface area contributed by atoms with Crippen LogP contribution in [-0.4, -0.2) is 17.3 Å². The van der Waals surface area contributed by atoms with E-state index in [2.05, 4.69) is 0 Å². The first kappa shape index (κ1) is 14.4. The van der Waals surface area contributed by atoms with Crippen molar-refractivity contribution in [3.8, 4) is 5.75 Å². The number of ether oxygens (including phenoxy) is 1. The molecule has 0 aliphatic rings. The number of nitro groups is 1. The van der Waals surface area contributed by atoms with Crippen LogP contribution < -0.4 is 4.74 Å². The highest BCUT2D eigenvalue weighted by Crippen LogP contribution is 2.28. The van der Waals surface area contributed by atoms with Crippen LogP contribution in [0.3, 0.4) is 0 Å². The molecule has 20 heavy (non-hydrogen) atoms. The fourth-order valence-corrected chi connectivity index (χ4v) is 2.47. The molecule has 0 aliphatic carbocycles. The highest BCUT2D eigenvalue weighted by Gasteiger charge is 2.14. The third-order valence-electron chi connectivity index (χ3n) is 2.66. The van der Waals surface area contributed by atoms with E-state index >= 15 is 0 Å². The Morgan fingerprint density at radius 2 is 1.95 bits per heavy atom. The van der Waals surface area contributed by atoms with E-state index in [-0.39, 0.29) is 5.69 Å². The second-order valence-electron chi connectivity index (χ2n) is 4.24. The van der Waals surface area contributed by atoms with Crippen molar-refractivity contribution in [3.05, 3.63) is 64.2 Å². The van der Waals surface area contributed by atoms with Crippen LogP contribution in [0.4, 0.5) is 5.69 Å². The molecule has 0 unspecified atom stereocenters. The van der Waals surface area contributed by atoms with E-state index in [0.717, 1.165) is 16.2 Å². The fraction of sp³-hybridized carbons (Fsp3) is 0.200. The molecule has 4 nitrogen and oxygen atoms in total. The lowest BCUT2D eigenvalue weighted by Crippen LogP contribution is -2.02. The van der Waals surface area contributed by atoms with Gasteiger partial charge in [-0.3, -0.25) is 10.1 Å². The molecule has 0 bridgehead atoms. The van der Waals surface area contributed by atoms with Crippen molar-refractivity contribution in [1.29, 1.82) is 0 Å². The van der Waals surface area contributed by atoms with Crippen molar-refractivity contribution < 1.29 is 9.66 Å². The van der Waals surface area contributed by atoms with Crippen LogP contribution in [0.15, 0.2) is 53.4 Å². The van der Waals surface area contributed by atoms with Crippen molar-refractivity contribution in [1.82, 2.24) is 0 Å². The SMILES string of the molecule is Cc1ccc(OCCSc2ccccc2)c([N+](=O)[O-])c1. The molecule has 104 valence electrons. The molecule has 0 saturated heterocycles. The maximum atomic E-state index is 10.9. The van der Waals surface area contributed by atoms with Crippen LogP contribution >= 0.6 is 11.8 Å². The smallest absolute Gasteiger partial charge is 0.311 e.